The average molecular weight is 700 g/mol. The molecule has 0 saturated carbocycles. The van der Waals surface area contributed by atoms with Crippen LogP contribution in [0, 0.1) is 0 Å². The lowest BCUT2D eigenvalue weighted by Gasteiger charge is -2.27. The van der Waals surface area contributed by atoms with E-state index in [9.17, 15) is 14.7 Å². The van der Waals surface area contributed by atoms with Gasteiger partial charge in [-0.25, -0.2) is 0 Å². The van der Waals surface area contributed by atoms with Gasteiger partial charge in [0, 0.05) is 12.8 Å². The highest BCUT2D eigenvalue weighted by atomic mass is 31.2. The number of carbonyl (C=O) groups excluding carboxylic acids is 2. The second-order valence-corrected chi connectivity index (χ2v) is 16.6. The highest BCUT2D eigenvalue weighted by Crippen LogP contribution is 2.56. The van der Waals surface area contributed by atoms with Gasteiger partial charge < -0.3 is 14.6 Å². The van der Waals surface area contributed by atoms with E-state index in [2.05, 4.69) is 122 Å². The van der Waals surface area contributed by atoms with Gasteiger partial charge in [0.2, 0.25) is 0 Å². The van der Waals surface area contributed by atoms with Gasteiger partial charge in [-0.3, -0.25) is 9.59 Å². The Morgan fingerprint density at radius 2 is 1.00 bits per heavy atom. The van der Waals surface area contributed by atoms with Crippen LogP contribution in [0.4, 0.5) is 0 Å². The minimum absolute atomic E-state index is 0.162. The van der Waals surface area contributed by atoms with Gasteiger partial charge in [-0.1, -0.05) is 118 Å². The summed E-state index contributed by atoms with van der Waals surface area (Å²) in [5.41, 5.74) is 0. The number of carbonyl (C=O) groups is 2. The van der Waals surface area contributed by atoms with Gasteiger partial charge in [0.05, 0.1) is 6.16 Å². The molecular weight excluding hydrogens is 639 g/mol. The lowest BCUT2D eigenvalue weighted by molar-refractivity contribution is -0.152. The number of hydrogen-bond acceptors (Lipinski definition) is 5. The van der Waals surface area contributed by atoms with Crippen molar-refractivity contribution in [2.75, 3.05) is 19.4 Å². The summed E-state index contributed by atoms with van der Waals surface area (Å²) in [6.45, 7) is 1.89. The quantitative estimate of drug-likeness (QED) is 0.0391. The monoisotopic (exact) mass is 699 g/mol. The molecule has 1 atom stereocenters. The van der Waals surface area contributed by atoms with Crippen LogP contribution in [0.15, 0.2) is 115 Å². The lowest BCUT2D eigenvalue weighted by Crippen LogP contribution is -2.33. The van der Waals surface area contributed by atoms with Gasteiger partial charge in [0.1, 0.15) is 42.5 Å². The van der Waals surface area contributed by atoms with Crippen LogP contribution in [0.1, 0.15) is 103 Å². The zero-order chi connectivity index (χ0) is 35.5. The number of rotatable bonds is 26. The Balaban J connectivity index is 1.28. The average Bonchev–Trinajstić information content (AvgIpc) is 3.16. The molecule has 0 spiro atoms. The molecule has 0 heterocycles. The maximum atomic E-state index is 12.5. The van der Waals surface area contributed by atoms with Gasteiger partial charge >= 0.3 is 11.9 Å². The highest BCUT2D eigenvalue weighted by Gasteiger charge is 2.44. The SMILES string of the molecule is CCCCC/C=C\C/C=C\CCCCCCCC(=O)OCC(O)COC(=O)CCCC[P+](c1ccccc1)(c1ccccc1)c1ccccc1. The third kappa shape index (κ3) is 15.6. The number of hydrogen-bond donors (Lipinski definition) is 1. The molecule has 0 aliphatic rings. The molecule has 0 bridgehead atoms. The third-order valence-electron chi connectivity index (χ3n) is 8.92. The molecule has 0 amide bonds. The van der Waals surface area contributed by atoms with Crippen molar-refractivity contribution < 1.29 is 24.2 Å². The molecule has 3 aromatic rings. The smallest absolute Gasteiger partial charge is 0.305 e. The Morgan fingerprint density at radius 3 is 1.48 bits per heavy atom. The fourth-order valence-electron chi connectivity index (χ4n) is 6.15. The predicted molar refractivity (Wildman–Crippen MR) is 211 cm³/mol. The van der Waals surface area contributed by atoms with Crippen molar-refractivity contribution in [2.45, 2.75) is 109 Å². The van der Waals surface area contributed by atoms with Crippen molar-refractivity contribution >= 4 is 35.1 Å². The van der Waals surface area contributed by atoms with Crippen LogP contribution in [-0.2, 0) is 19.1 Å². The van der Waals surface area contributed by atoms with E-state index in [0.717, 1.165) is 51.1 Å². The maximum Gasteiger partial charge on any atom is 0.305 e. The zero-order valence-electron chi connectivity index (χ0n) is 30.3. The fourth-order valence-corrected chi connectivity index (χ4v) is 10.6. The minimum Gasteiger partial charge on any atom is -0.463 e. The van der Waals surface area contributed by atoms with Gasteiger partial charge in [-0.15, -0.1) is 0 Å². The Labute approximate surface area is 302 Å². The van der Waals surface area contributed by atoms with Gasteiger partial charge in [-0.05, 0) is 87.8 Å². The predicted octanol–water partition coefficient (Wildman–Crippen LogP) is 9.41. The molecule has 0 radical (unpaired) electrons. The van der Waals surface area contributed by atoms with Crippen molar-refractivity contribution in [2.24, 2.45) is 0 Å². The summed E-state index contributed by atoms with van der Waals surface area (Å²) >= 11 is 0. The Hall–Kier alpha value is -3.53. The molecule has 3 aromatic carbocycles. The maximum absolute atomic E-state index is 12.5. The molecule has 0 aliphatic heterocycles. The number of unbranched alkanes of at least 4 members (excludes halogenated alkanes) is 9. The van der Waals surface area contributed by atoms with Crippen molar-refractivity contribution in [1.29, 1.82) is 0 Å². The molecule has 0 aliphatic carbocycles. The number of benzene rings is 3. The topological polar surface area (TPSA) is 72.8 Å². The van der Waals surface area contributed by atoms with Crippen molar-refractivity contribution in [3.05, 3.63) is 115 Å². The molecule has 1 N–H and O–H groups in total. The van der Waals surface area contributed by atoms with Crippen LogP contribution in [-0.4, -0.2) is 42.5 Å². The first-order valence-corrected chi connectivity index (χ1v) is 20.9. The molecule has 0 fully saturated rings. The molecule has 50 heavy (non-hydrogen) atoms. The summed E-state index contributed by atoms with van der Waals surface area (Å²) in [7, 11) is -1.93. The normalized spacial score (nSPS) is 12.4. The Bertz CT molecular complexity index is 1280. The van der Waals surface area contributed by atoms with E-state index in [-0.39, 0.29) is 31.6 Å². The van der Waals surface area contributed by atoms with Crippen molar-refractivity contribution in [1.82, 2.24) is 0 Å². The molecule has 1 unspecified atom stereocenters. The highest BCUT2D eigenvalue weighted by molar-refractivity contribution is 7.95. The van der Waals surface area contributed by atoms with E-state index in [1.807, 2.05) is 0 Å². The minimum atomic E-state index is -1.93. The van der Waals surface area contributed by atoms with E-state index in [1.165, 1.54) is 48.0 Å². The van der Waals surface area contributed by atoms with Crippen LogP contribution < -0.4 is 15.9 Å². The van der Waals surface area contributed by atoms with E-state index < -0.39 is 13.4 Å². The summed E-state index contributed by atoms with van der Waals surface area (Å²) in [6, 6.07) is 32.2. The molecule has 5 nitrogen and oxygen atoms in total. The van der Waals surface area contributed by atoms with Crippen LogP contribution >= 0.6 is 7.26 Å². The Kier molecular flexibility index (Phi) is 20.8. The first kappa shape index (κ1) is 40.9. The summed E-state index contributed by atoms with van der Waals surface area (Å²) in [5, 5.41) is 14.2. The van der Waals surface area contributed by atoms with Crippen LogP contribution in [0.25, 0.3) is 0 Å². The number of ether oxygens (including phenoxy) is 2. The molecule has 3 rings (SSSR count). The fraction of sp³-hybridized carbons (Fsp3) is 0.455. The second-order valence-electron chi connectivity index (χ2n) is 13.0. The molecule has 270 valence electrons. The van der Waals surface area contributed by atoms with E-state index in [0.29, 0.717) is 12.8 Å². The van der Waals surface area contributed by atoms with Crippen molar-refractivity contribution in [3.8, 4) is 0 Å². The molecule has 0 saturated heterocycles. The van der Waals surface area contributed by atoms with Crippen molar-refractivity contribution in [3.63, 3.8) is 0 Å². The van der Waals surface area contributed by atoms with Gasteiger partial charge in [0.15, 0.2) is 0 Å². The van der Waals surface area contributed by atoms with E-state index >= 15 is 0 Å². The molecule has 0 aromatic heterocycles. The summed E-state index contributed by atoms with van der Waals surface area (Å²) in [6.07, 6.45) is 23.5. The van der Waals surface area contributed by atoms with Crippen LogP contribution in [0.2, 0.25) is 0 Å². The first-order chi connectivity index (χ1) is 24.6. The van der Waals surface area contributed by atoms with Crippen LogP contribution in [0.5, 0.6) is 0 Å². The first-order valence-electron chi connectivity index (χ1n) is 18.9. The van der Waals surface area contributed by atoms with Gasteiger partial charge in [0.25, 0.3) is 0 Å². The van der Waals surface area contributed by atoms with Crippen LogP contribution in [0.3, 0.4) is 0 Å². The zero-order valence-corrected chi connectivity index (χ0v) is 31.2. The standard InChI is InChI=1S/C44H60O5P/c1-2-3-4-5-6-7-8-9-10-11-12-13-14-15-25-34-43(46)48-37-39(45)38-49-44(47)35-26-27-36-50(40-28-19-16-20-29-40,41-30-21-17-22-31-41)42-32-23-18-24-33-42/h6-7,9-10,16-24,28-33,39,45H,2-5,8,11-15,25-27,34-38H2,1H3/q+1/b7-6-,10-9-. The summed E-state index contributed by atoms with van der Waals surface area (Å²) in [5.74, 6) is -0.660. The largest absolute Gasteiger partial charge is 0.463 e. The van der Waals surface area contributed by atoms with E-state index in [1.54, 1.807) is 0 Å². The Morgan fingerprint density at radius 1 is 0.580 bits per heavy atom. The summed E-state index contributed by atoms with van der Waals surface area (Å²) in [4.78, 5) is 24.7. The molecular formula is C44H60O5P+. The number of esters is 2. The van der Waals surface area contributed by atoms with Gasteiger partial charge in [-0.2, -0.15) is 0 Å². The number of allylic oxidation sites excluding steroid dienone is 4. The molecule has 6 heteroatoms. The van der Waals surface area contributed by atoms with E-state index in [4.69, 9.17) is 9.47 Å². The number of aliphatic hydroxyl groups is 1. The number of aliphatic hydroxyl groups excluding tert-OH is 1. The lowest BCUT2D eigenvalue weighted by atomic mass is 10.1. The third-order valence-corrected chi connectivity index (χ3v) is 13.4. The second kappa shape index (κ2) is 25.4. The summed E-state index contributed by atoms with van der Waals surface area (Å²) < 4.78 is 10.6.